The molecule has 0 bridgehead atoms. The minimum atomic E-state index is -0.931. The Bertz CT molecular complexity index is 477. The van der Waals surface area contributed by atoms with Gasteiger partial charge >= 0.3 is 11.9 Å². The Labute approximate surface area is 132 Å². The highest BCUT2D eigenvalue weighted by molar-refractivity contribution is 5.93. The molecule has 0 aromatic rings. The molecule has 0 aromatic heterocycles. The van der Waals surface area contributed by atoms with E-state index < -0.39 is 11.5 Å². The first-order valence-electron chi connectivity index (χ1n) is 7.75. The first-order valence-corrected chi connectivity index (χ1v) is 7.75. The molecule has 0 spiro atoms. The van der Waals surface area contributed by atoms with Crippen molar-refractivity contribution in [3.63, 3.8) is 0 Å². The van der Waals surface area contributed by atoms with Crippen LogP contribution in [0.25, 0.3) is 0 Å². The quantitative estimate of drug-likeness (QED) is 0.764. The number of ether oxygens (including phenoxy) is 2. The van der Waals surface area contributed by atoms with Crippen molar-refractivity contribution in [2.45, 2.75) is 65.7 Å². The average Bonchev–Trinajstić information content (AvgIpc) is 2.36. The number of carbonyl (C=O) groups excluding carboxylic acids is 2. The van der Waals surface area contributed by atoms with Gasteiger partial charge in [-0.15, -0.1) is 0 Å². The molecule has 5 heteroatoms. The maximum atomic E-state index is 12.4. The molecule has 1 atom stereocenters. The van der Waals surface area contributed by atoms with Crippen molar-refractivity contribution in [2.24, 2.45) is 5.92 Å². The predicted octanol–water partition coefficient (Wildman–Crippen LogP) is 2.72. The maximum Gasteiger partial charge on any atom is 0.339 e. The monoisotopic (exact) mass is 309 g/mol. The molecule has 0 amide bonds. The highest BCUT2D eigenvalue weighted by Crippen LogP contribution is 2.25. The van der Waals surface area contributed by atoms with E-state index in [9.17, 15) is 9.59 Å². The summed E-state index contributed by atoms with van der Waals surface area (Å²) in [5.41, 5.74) is -0.537. The normalized spacial score (nSPS) is 20.9. The lowest BCUT2D eigenvalue weighted by Gasteiger charge is -2.33. The summed E-state index contributed by atoms with van der Waals surface area (Å²) in [4.78, 5) is 24.3. The van der Waals surface area contributed by atoms with Crippen molar-refractivity contribution < 1.29 is 19.1 Å². The Hall–Kier alpha value is -1.78. The van der Waals surface area contributed by atoms with Crippen molar-refractivity contribution in [1.82, 2.24) is 5.32 Å². The van der Waals surface area contributed by atoms with Gasteiger partial charge in [0.15, 0.2) is 5.54 Å². The summed E-state index contributed by atoms with van der Waals surface area (Å²) >= 11 is 0. The Morgan fingerprint density at radius 1 is 1.09 bits per heavy atom. The molecule has 1 N–H and O–H groups in total. The fraction of sp³-hybridized carbons (Fsp3) is 0.647. The third-order valence-corrected chi connectivity index (χ3v) is 3.05. The molecule has 1 heterocycles. The van der Waals surface area contributed by atoms with E-state index in [2.05, 4.69) is 5.32 Å². The fourth-order valence-corrected chi connectivity index (χ4v) is 2.24. The van der Waals surface area contributed by atoms with Gasteiger partial charge in [-0.3, -0.25) is 0 Å². The van der Waals surface area contributed by atoms with E-state index in [1.165, 1.54) is 6.20 Å². The molecule has 5 nitrogen and oxygen atoms in total. The van der Waals surface area contributed by atoms with Crippen molar-refractivity contribution in [3.8, 4) is 0 Å². The van der Waals surface area contributed by atoms with Crippen LogP contribution in [-0.2, 0) is 19.1 Å². The van der Waals surface area contributed by atoms with Crippen LogP contribution >= 0.6 is 0 Å². The minimum Gasteiger partial charge on any atom is -0.461 e. The summed E-state index contributed by atoms with van der Waals surface area (Å²) in [6, 6.07) is 0. The van der Waals surface area contributed by atoms with Crippen LogP contribution in [0, 0.1) is 5.92 Å². The number of hydrogen-bond donors (Lipinski definition) is 1. The number of hydrogen-bond acceptors (Lipinski definition) is 5. The maximum absolute atomic E-state index is 12.4. The van der Waals surface area contributed by atoms with Gasteiger partial charge in [0, 0.05) is 6.20 Å². The first-order chi connectivity index (χ1) is 10.2. The standard InChI is InChI=1S/C17H27NO4/c1-11(2)9-17(16(20)22-13(5)6)8-7-14(10-18-17)15(19)21-12(3)4/h7-8,10-13,18H,9H2,1-6H3/t17-/m0/s1. The topological polar surface area (TPSA) is 64.6 Å². The van der Waals surface area contributed by atoms with Crippen molar-refractivity contribution in [2.75, 3.05) is 0 Å². The van der Waals surface area contributed by atoms with Crippen LogP contribution in [-0.4, -0.2) is 29.7 Å². The van der Waals surface area contributed by atoms with E-state index >= 15 is 0 Å². The van der Waals surface area contributed by atoms with Gasteiger partial charge < -0.3 is 14.8 Å². The lowest BCUT2D eigenvalue weighted by molar-refractivity contribution is -0.154. The summed E-state index contributed by atoms with van der Waals surface area (Å²) in [7, 11) is 0. The second-order valence-corrected chi connectivity index (χ2v) is 6.55. The smallest absolute Gasteiger partial charge is 0.339 e. The Morgan fingerprint density at radius 3 is 2.09 bits per heavy atom. The number of dihydropyridines is 1. The van der Waals surface area contributed by atoms with Gasteiger partial charge in [0.05, 0.1) is 17.8 Å². The number of esters is 2. The minimum absolute atomic E-state index is 0.185. The third kappa shape index (κ3) is 4.90. The molecule has 22 heavy (non-hydrogen) atoms. The molecule has 0 aromatic carbocycles. The molecule has 0 saturated carbocycles. The highest BCUT2D eigenvalue weighted by Gasteiger charge is 2.39. The third-order valence-electron chi connectivity index (χ3n) is 3.05. The predicted molar refractivity (Wildman–Crippen MR) is 85.0 cm³/mol. The summed E-state index contributed by atoms with van der Waals surface area (Å²) < 4.78 is 10.5. The molecule has 1 rings (SSSR count). The number of carbonyl (C=O) groups is 2. The molecule has 124 valence electrons. The number of rotatable bonds is 6. The summed E-state index contributed by atoms with van der Waals surface area (Å²) in [5, 5.41) is 3.05. The first kappa shape index (κ1) is 18.3. The Balaban J connectivity index is 2.91. The van der Waals surface area contributed by atoms with Crippen LogP contribution in [0.4, 0.5) is 0 Å². The van der Waals surface area contributed by atoms with Gasteiger partial charge in [0.2, 0.25) is 0 Å². The average molecular weight is 309 g/mol. The molecule has 0 aliphatic carbocycles. The zero-order valence-corrected chi connectivity index (χ0v) is 14.3. The Morgan fingerprint density at radius 2 is 1.68 bits per heavy atom. The van der Waals surface area contributed by atoms with Gasteiger partial charge in [-0.25, -0.2) is 9.59 Å². The van der Waals surface area contributed by atoms with Gasteiger partial charge in [0.1, 0.15) is 0 Å². The second-order valence-electron chi connectivity index (χ2n) is 6.55. The molecule has 0 fully saturated rings. The van der Waals surface area contributed by atoms with Gasteiger partial charge in [-0.05, 0) is 52.2 Å². The molecular formula is C17H27NO4. The van der Waals surface area contributed by atoms with Crippen LogP contribution in [0.1, 0.15) is 48.0 Å². The lowest BCUT2D eigenvalue weighted by atomic mass is 9.86. The van der Waals surface area contributed by atoms with Crippen LogP contribution in [0.15, 0.2) is 23.9 Å². The molecule has 0 radical (unpaired) electrons. The van der Waals surface area contributed by atoms with Crippen molar-refractivity contribution >= 4 is 11.9 Å². The van der Waals surface area contributed by atoms with Crippen LogP contribution in [0.3, 0.4) is 0 Å². The van der Waals surface area contributed by atoms with Gasteiger partial charge in [-0.2, -0.15) is 0 Å². The van der Waals surface area contributed by atoms with E-state index in [0.29, 0.717) is 12.0 Å². The largest absolute Gasteiger partial charge is 0.461 e. The molecule has 0 unspecified atom stereocenters. The van der Waals surface area contributed by atoms with Gasteiger partial charge in [-0.1, -0.05) is 13.8 Å². The van der Waals surface area contributed by atoms with E-state index in [-0.39, 0.29) is 24.1 Å². The van der Waals surface area contributed by atoms with Crippen molar-refractivity contribution in [1.29, 1.82) is 0 Å². The molecule has 0 saturated heterocycles. The van der Waals surface area contributed by atoms with Crippen LogP contribution in [0.2, 0.25) is 0 Å². The Kier molecular flexibility index (Phi) is 6.21. The highest BCUT2D eigenvalue weighted by atomic mass is 16.5. The van der Waals surface area contributed by atoms with Crippen molar-refractivity contribution in [3.05, 3.63) is 23.9 Å². The van der Waals surface area contributed by atoms with E-state index in [1.54, 1.807) is 26.0 Å². The second kappa shape index (κ2) is 7.47. The summed E-state index contributed by atoms with van der Waals surface area (Å²) in [6.07, 6.45) is 5.07. The lowest BCUT2D eigenvalue weighted by Crippen LogP contribution is -2.52. The summed E-state index contributed by atoms with van der Waals surface area (Å²) in [5.74, 6) is -0.455. The van der Waals surface area contributed by atoms with Crippen LogP contribution in [0.5, 0.6) is 0 Å². The SMILES string of the molecule is CC(C)C[C@]1(C(=O)OC(C)C)C=CC(C(=O)OC(C)C)=CN1. The fourth-order valence-electron chi connectivity index (χ4n) is 2.24. The zero-order chi connectivity index (χ0) is 16.9. The summed E-state index contributed by atoms with van der Waals surface area (Å²) in [6.45, 7) is 11.3. The van der Waals surface area contributed by atoms with E-state index in [1.807, 2.05) is 27.7 Å². The van der Waals surface area contributed by atoms with Gasteiger partial charge in [0.25, 0.3) is 0 Å². The molecule has 1 aliphatic heterocycles. The zero-order valence-electron chi connectivity index (χ0n) is 14.3. The number of nitrogens with one attached hydrogen (secondary N) is 1. The molecule has 1 aliphatic rings. The van der Waals surface area contributed by atoms with E-state index in [4.69, 9.17) is 9.47 Å². The van der Waals surface area contributed by atoms with Crippen LogP contribution < -0.4 is 5.32 Å². The van der Waals surface area contributed by atoms with E-state index in [0.717, 1.165) is 0 Å². The molecular weight excluding hydrogens is 282 g/mol.